The van der Waals surface area contributed by atoms with Crippen LogP contribution in [-0.2, 0) is 4.74 Å². The molecule has 2 atom stereocenters. The molecule has 2 aromatic rings. The first-order valence-electron chi connectivity index (χ1n) is 8.61. The van der Waals surface area contributed by atoms with Gasteiger partial charge in [0.2, 0.25) is 0 Å². The van der Waals surface area contributed by atoms with Gasteiger partial charge in [0.15, 0.2) is 5.11 Å². The van der Waals surface area contributed by atoms with Crippen LogP contribution >= 0.6 is 12.2 Å². The molecule has 25 heavy (non-hydrogen) atoms. The van der Waals surface area contributed by atoms with Gasteiger partial charge < -0.3 is 20.1 Å². The van der Waals surface area contributed by atoms with E-state index in [-0.39, 0.29) is 12.1 Å². The maximum Gasteiger partial charge on any atom is 0.167 e. The zero-order chi connectivity index (χ0) is 17.5. The fraction of sp³-hybridized carbons (Fsp3) is 0.350. The van der Waals surface area contributed by atoms with Crippen LogP contribution < -0.4 is 15.4 Å². The zero-order valence-corrected chi connectivity index (χ0v) is 15.2. The Hall–Kier alpha value is -2.11. The molecule has 0 amide bonds. The summed E-state index contributed by atoms with van der Waals surface area (Å²) in [4.78, 5) is 0. The molecule has 0 spiro atoms. The molecule has 1 aliphatic rings. The maximum atomic E-state index is 5.64. The van der Waals surface area contributed by atoms with Gasteiger partial charge >= 0.3 is 0 Å². The third-order valence-electron chi connectivity index (χ3n) is 4.37. The van der Waals surface area contributed by atoms with Crippen molar-refractivity contribution in [2.75, 3.05) is 20.3 Å². The highest BCUT2D eigenvalue weighted by atomic mass is 32.1. The van der Waals surface area contributed by atoms with E-state index in [9.17, 15) is 0 Å². The minimum atomic E-state index is -0.0170. The molecule has 0 aromatic heterocycles. The summed E-state index contributed by atoms with van der Waals surface area (Å²) in [6, 6.07) is 18.3. The molecule has 3 rings (SSSR count). The van der Waals surface area contributed by atoms with E-state index in [0.717, 1.165) is 42.9 Å². The van der Waals surface area contributed by atoms with Crippen molar-refractivity contribution in [1.29, 1.82) is 0 Å². The summed E-state index contributed by atoms with van der Waals surface area (Å²) in [5.74, 6) is 0.842. The molecular weight excluding hydrogens is 332 g/mol. The second-order valence-electron chi connectivity index (χ2n) is 6.11. The van der Waals surface area contributed by atoms with Crippen LogP contribution in [0.2, 0.25) is 0 Å². The number of hydrogen-bond donors (Lipinski definition) is 2. The summed E-state index contributed by atoms with van der Waals surface area (Å²) in [6.45, 7) is 1.60. The smallest absolute Gasteiger partial charge is 0.167 e. The van der Waals surface area contributed by atoms with E-state index in [1.54, 1.807) is 7.11 Å². The van der Waals surface area contributed by atoms with Crippen LogP contribution in [0.1, 0.15) is 30.0 Å². The van der Waals surface area contributed by atoms with E-state index < -0.39 is 0 Å². The summed E-state index contributed by atoms with van der Waals surface area (Å²) >= 11 is 5.51. The maximum absolute atomic E-state index is 5.64. The van der Waals surface area contributed by atoms with Gasteiger partial charge in [-0.1, -0.05) is 42.5 Å². The molecule has 0 radical (unpaired) electrons. The molecule has 0 aliphatic carbocycles. The Morgan fingerprint density at radius 1 is 1.16 bits per heavy atom. The van der Waals surface area contributed by atoms with Crippen LogP contribution in [0.5, 0.6) is 5.75 Å². The highest BCUT2D eigenvalue weighted by Gasteiger charge is 2.18. The molecule has 0 bridgehead atoms. The van der Waals surface area contributed by atoms with Crippen molar-refractivity contribution in [2.45, 2.75) is 25.0 Å². The van der Waals surface area contributed by atoms with Crippen molar-refractivity contribution in [3.05, 3.63) is 65.7 Å². The van der Waals surface area contributed by atoms with E-state index in [1.165, 1.54) is 0 Å². The number of rotatable bonds is 6. The lowest BCUT2D eigenvalue weighted by Crippen LogP contribution is -2.41. The zero-order valence-electron chi connectivity index (χ0n) is 14.4. The third kappa shape index (κ3) is 4.94. The van der Waals surface area contributed by atoms with Gasteiger partial charge in [0, 0.05) is 13.2 Å². The summed E-state index contributed by atoms with van der Waals surface area (Å²) in [5.41, 5.74) is 2.29. The Labute approximate surface area is 154 Å². The van der Waals surface area contributed by atoms with Gasteiger partial charge in [-0.25, -0.2) is 0 Å². The highest BCUT2D eigenvalue weighted by molar-refractivity contribution is 7.80. The molecule has 132 valence electrons. The molecule has 0 saturated carbocycles. The van der Waals surface area contributed by atoms with Crippen LogP contribution in [0, 0.1) is 0 Å². The highest BCUT2D eigenvalue weighted by Crippen LogP contribution is 2.24. The molecule has 1 saturated heterocycles. The van der Waals surface area contributed by atoms with Crippen LogP contribution in [0.3, 0.4) is 0 Å². The van der Waals surface area contributed by atoms with Gasteiger partial charge in [-0.2, -0.15) is 0 Å². The molecule has 1 aliphatic heterocycles. The number of methoxy groups -OCH3 is 1. The lowest BCUT2D eigenvalue weighted by Gasteiger charge is -2.23. The lowest BCUT2D eigenvalue weighted by atomic mass is 9.99. The Morgan fingerprint density at radius 2 is 1.88 bits per heavy atom. The summed E-state index contributed by atoms with van der Waals surface area (Å²) in [7, 11) is 1.67. The van der Waals surface area contributed by atoms with Crippen molar-refractivity contribution in [2.24, 2.45) is 0 Å². The van der Waals surface area contributed by atoms with E-state index in [0.29, 0.717) is 5.11 Å². The first kappa shape index (κ1) is 17.7. The van der Waals surface area contributed by atoms with Gasteiger partial charge in [0.05, 0.1) is 19.3 Å². The van der Waals surface area contributed by atoms with Crippen molar-refractivity contribution in [3.63, 3.8) is 0 Å². The molecule has 0 unspecified atom stereocenters. The Kier molecular flexibility index (Phi) is 6.25. The standard InChI is InChI=1S/C20H24N2O2S/c1-23-17-11-9-16(10-12-17)19(15-6-3-2-4-7-15)22-20(25)21-14-18-8-5-13-24-18/h2-4,6-7,9-12,18-19H,5,8,13-14H2,1H3,(H2,21,22,25)/t18-,19+/m1/s1. The molecule has 2 N–H and O–H groups in total. The largest absolute Gasteiger partial charge is 0.497 e. The molecule has 1 heterocycles. The van der Waals surface area contributed by atoms with Gasteiger partial charge in [-0.3, -0.25) is 0 Å². The predicted octanol–water partition coefficient (Wildman–Crippen LogP) is 3.43. The average molecular weight is 356 g/mol. The van der Waals surface area contributed by atoms with Crippen molar-refractivity contribution >= 4 is 17.3 Å². The monoisotopic (exact) mass is 356 g/mol. The van der Waals surface area contributed by atoms with Gasteiger partial charge in [-0.05, 0) is 48.3 Å². The Morgan fingerprint density at radius 3 is 2.52 bits per heavy atom. The van der Waals surface area contributed by atoms with E-state index in [4.69, 9.17) is 21.7 Å². The Balaban J connectivity index is 1.70. The quantitative estimate of drug-likeness (QED) is 0.776. The number of ether oxygens (including phenoxy) is 2. The number of benzene rings is 2. The van der Waals surface area contributed by atoms with E-state index in [1.807, 2.05) is 30.3 Å². The fourth-order valence-corrected chi connectivity index (χ4v) is 3.20. The number of hydrogen-bond acceptors (Lipinski definition) is 3. The van der Waals surface area contributed by atoms with Crippen LogP contribution in [0.25, 0.3) is 0 Å². The number of nitrogens with one attached hydrogen (secondary N) is 2. The second-order valence-corrected chi connectivity index (χ2v) is 6.51. The van der Waals surface area contributed by atoms with Gasteiger partial charge in [-0.15, -0.1) is 0 Å². The molecule has 1 fully saturated rings. The molecule has 5 heteroatoms. The minimum Gasteiger partial charge on any atom is -0.497 e. The minimum absolute atomic E-state index is 0.0170. The van der Waals surface area contributed by atoms with E-state index >= 15 is 0 Å². The first-order valence-corrected chi connectivity index (χ1v) is 9.02. The summed E-state index contributed by atoms with van der Waals surface area (Å²) < 4.78 is 10.9. The van der Waals surface area contributed by atoms with Gasteiger partial charge in [0.1, 0.15) is 5.75 Å². The predicted molar refractivity (Wildman–Crippen MR) is 104 cm³/mol. The van der Waals surface area contributed by atoms with Crippen molar-refractivity contribution in [1.82, 2.24) is 10.6 Å². The number of thiocarbonyl (C=S) groups is 1. The van der Waals surface area contributed by atoms with Crippen LogP contribution in [0.4, 0.5) is 0 Å². The van der Waals surface area contributed by atoms with Gasteiger partial charge in [0.25, 0.3) is 0 Å². The molecular formula is C20H24N2O2S. The fourth-order valence-electron chi connectivity index (χ4n) is 2.99. The van der Waals surface area contributed by atoms with Crippen molar-refractivity contribution in [3.8, 4) is 5.75 Å². The first-order chi connectivity index (χ1) is 12.3. The summed E-state index contributed by atoms with van der Waals surface area (Å²) in [6.07, 6.45) is 2.48. The second kappa shape index (κ2) is 8.83. The van der Waals surface area contributed by atoms with Crippen LogP contribution in [-0.4, -0.2) is 31.5 Å². The van der Waals surface area contributed by atoms with E-state index in [2.05, 4.69) is 34.9 Å². The topological polar surface area (TPSA) is 42.5 Å². The van der Waals surface area contributed by atoms with Crippen LogP contribution in [0.15, 0.2) is 54.6 Å². The molecule has 4 nitrogen and oxygen atoms in total. The third-order valence-corrected chi connectivity index (χ3v) is 4.63. The SMILES string of the molecule is COc1ccc([C@@H](NC(=S)NC[C@H]2CCCO2)c2ccccc2)cc1. The van der Waals surface area contributed by atoms with Crippen molar-refractivity contribution < 1.29 is 9.47 Å². The normalized spacial score (nSPS) is 17.7. The Bertz CT molecular complexity index is 670. The average Bonchev–Trinajstić information content (AvgIpc) is 3.19. The molecule has 2 aromatic carbocycles. The summed E-state index contributed by atoms with van der Waals surface area (Å²) in [5, 5.41) is 7.36. The lowest BCUT2D eigenvalue weighted by molar-refractivity contribution is 0.114.